The molecule has 0 radical (unpaired) electrons. The Morgan fingerprint density at radius 3 is 2.86 bits per heavy atom. The number of aromatic nitrogens is 4. The molecule has 0 aliphatic carbocycles. The lowest BCUT2D eigenvalue weighted by molar-refractivity contribution is -0.124. The van der Waals surface area contributed by atoms with Crippen LogP contribution in [0.4, 0.5) is 0 Å². The van der Waals surface area contributed by atoms with Crippen molar-refractivity contribution < 1.29 is 9.53 Å². The number of rotatable bonds is 8. The highest BCUT2D eigenvalue weighted by Crippen LogP contribution is 2.11. The number of ether oxygens (including phenoxy) is 1. The van der Waals surface area contributed by atoms with E-state index in [4.69, 9.17) is 4.74 Å². The highest BCUT2D eigenvalue weighted by molar-refractivity contribution is 5.80. The van der Waals surface area contributed by atoms with Crippen LogP contribution in [0.1, 0.15) is 25.2 Å². The van der Waals surface area contributed by atoms with E-state index < -0.39 is 0 Å². The second-order valence-electron chi connectivity index (χ2n) is 4.71. The van der Waals surface area contributed by atoms with Crippen molar-refractivity contribution in [3.05, 3.63) is 36.7 Å². The molecule has 0 aromatic carbocycles. The van der Waals surface area contributed by atoms with E-state index in [1.807, 2.05) is 40.6 Å². The number of methoxy groups -OCH3 is 1. The molecule has 21 heavy (non-hydrogen) atoms. The lowest BCUT2D eigenvalue weighted by Gasteiger charge is -2.16. The van der Waals surface area contributed by atoms with Gasteiger partial charge in [-0.15, -0.1) is 10.2 Å². The number of amides is 1. The Balaban J connectivity index is 1.93. The van der Waals surface area contributed by atoms with E-state index in [0.717, 1.165) is 12.2 Å². The summed E-state index contributed by atoms with van der Waals surface area (Å²) >= 11 is 0. The van der Waals surface area contributed by atoms with Gasteiger partial charge in [0.05, 0.1) is 13.2 Å². The molecule has 0 unspecified atom stereocenters. The fraction of sp³-hybridized carbons (Fsp3) is 0.500. The molecule has 0 saturated heterocycles. The fourth-order valence-corrected chi connectivity index (χ4v) is 2.16. The van der Waals surface area contributed by atoms with Crippen molar-refractivity contribution in [1.82, 2.24) is 24.6 Å². The van der Waals surface area contributed by atoms with E-state index in [-0.39, 0.29) is 11.9 Å². The first-order chi connectivity index (χ1) is 10.3. The highest BCUT2D eigenvalue weighted by Gasteiger charge is 2.17. The van der Waals surface area contributed by atoms with E-state index in [0.29, 0.717) is 19.7 Å². The normalized spacial score (nSPS) is 12.3. The Morgan fingerprint density at radius 2 is 2.19 bits per heavy atom. The number of carbonyl (C=O) groups is 1. The molecule has 1 N–H and O–H groups in total. The molecular weight excluding hydrogens is 270 g/mol. The maximum Gasteiger partial charge on any atom is 0.243 e. The van der Waals surface area contributed by atoms with Gasteiger partial charge in [0.2, 0.25) is 5.91 Å². The van der Waals surface area contributed by atoms with Crippen LogP contribution in [0.15, 0.2) is 30.9 Å². The van der Waals surface area contributed by atoms with E-state index >= 15 is 0 Å². The smallest absolute Gasteiger partial charge is 0.243 e. The van der Waals surface area contributed by atoms with Crippen LogP contribution >= 0.6 is 0 Å². The molecule has 1 amide bonds. The number of nitrogens with one attached hydrogen (secondary N) is 1. The van der Waals surface area contributed by atoms with Gasteiger partial charge in [-0.25, -0.2) is 0 Å². The molecular formula is C14H21N5O2. The molecule has 0 bridgehead atoms. The van der Waals surface area contributed by atoms with Gasteiger partial charge in [0.25, 0.3) is 0 Å². The summed E-state index contributed by atoms with van der Waals surface area (Å²) in [5.41, 5.74) is 0. The largest absolute Gasteiger partial charge is 0.383 e. The van der Waals surface area contributed by atoms with Crippen LogP contribution in [0.25, 0.3) is 0 Å². The second kappa shape index (κ2) is 7.58. The van der Waals surface area contributed by atoms with Gasteiger partial charge >= 0.3 is 0 Å². The maximum atomic E-state index is 12.3. The quantitative estimate of drug-likeness (QED) is 0.787. The number of hydrogen-bond donors (Lipinski definition) is 1. The molecule has 2 rings (SSSR count). The van der Waals surface area contributed by atoms with Crippen LogP contribution in [0.2, 0.25) is 0 Å². The first-order valence-corrected chi connectivity index (χ1v) is 7.02. The SMILES string of the molecule is CC[C@H](C(=O)NCc1nncn1CCOC)n1cccc1. The number of carbonyl (C=O) groups excluding carboxylic acids is 1. The van der Waals surface area contributed by atoms with Crippen molar-refractivity contribution in [2.45, 2.75) is 32.5 Å². The summed E-state index contributed by atoms with van der Waals surface area (Å²) in [5, 5.41) is 10.8. The molecule has 0 fully saturated rings. The molecule has 0 spiro atoms. The zero-order valence-corrected chi connectivity index (χ0v) is 12.4. The number of nitrogens with zero attached hydrogens (tertiary/aromatic N) is 4. The Hall–Kier alpha value is -2.15. The van der Waals surface area contributed by atoms with Gasteiger partial charge in [0.1, 0.15) is 12.4 Å². The Bertz CT molecular complexity index is 549. The third-order valence-electron chi connectivity index (χ3n) is 3.33. The highest BCUT2D eigenvalue weighted by atomic mass is 16.5. The molecule has 2 aromatic heterocycles. The van der Waals surface area contributed by atoms with Crippen molar-refractivity contribution in [2.24, 2.45) is 0 Å². The van der Waals surface area contributed by atoms with Crippen molar-refractivity contribution >= 4 is 5.91 Å². The molecule has 2 aromatic rings. The van der Waals surface area contributed by atoms with Gasteiger partial charge in [0.15, 0.2) is 5.82 Å². The van der Waals surface area contributed by atoms with Crippen molar-refractivity contribution in [3.8, 4) is 0 Å². The third kappa shape index (κ3) is 3.91. The molecule has 7 nitrogen and oxygen atoms in total. The summed E-state index contributed by atoms with van der Waals surface area (Å²) in [6.07, 6.45) is 6.17. The Morgan fingerprint density at radius 1 is 1.43 bits per heavy atom. The average molecular weight is 291 g/mol. The third-order valence-corrected chi connectivity index (χ3v) is 3.33. The summed E-state index contributed by atoms with van der Waals surface area (Å²) in [6.45, 7) is 3.61. The van der Waals surface area contributed by atoms with E-state index in [1.165, 1.54) is 0 Å². The summed E-state index contributed by atoms with van der Waals surface area (Å²) < 4.78 is 8.82. The van der Waals surface area contributed by atoms with Gasteiger partial charge in [-0.1, -0.05) is 6.92 Å². The topological polar surface area (TPSA) is 74.0 Å². The summed E-state index contributed by atoms with van der Waals surface area (Å²) in [6, 6.07) is 3.63. The predicted octanol–water partition coefficient (Wildman–Crippen LogP) is 0.993. The van der Waals surface area contributed by atoms with Crippen molar-refractivity contribution in [2.75, 3.05) is 13.7 Å². The first-order valence-electron chi connectivity index (χ1n) is 7.02. The molecule has 2 heterocycles. The van der Waals surface area contributed by atoms with E-state index in [1.54, 1.807) is 13.4 Å². The number of hydrogen-bond acceptors (Lipinski definition) is 4. The average Bonchev–Trinajstić information content (AvgIpc) is 3.15. The van der Waals surface area contributed by atoms with Crippen LogP contribution in [0.3, 0.4) is 0 Å². The minimum absolute atomic E-state index is 0.0185. The second-order valence-corrected chi connectivity index (χ2v) is 4.71. The van der Waals surface area contributed by atoms with Gasteiger partial charge in [-0.05, 0) is 18.6 Å². The van der Waals surface area contributed by atoms with Gasteiger partial charge in [-0.3, -0.25) is 4.79 Å². The molecule has 7 heteroatoms. The summed E-state index contributed by atoms with van der Waals surface area (Å²) in [7, 11) is 1.65. The Labute approximate surface area is 123 Å². The van der Waals surface area contributed by atoms with Crippen LogP contribution in [-0.2, 0) is 22.6 Å². The van der Waals surface area contributed by atoms with E-state index in [9.17, 15) is 4.79 Å². The summed E-state index contributed by atoms with van der Waals surface area (Å²) in [5.74, 6) is 0.706. The molecule has 114 valence electrons. The minimum Gasteiger partial charge on any atom is -0.383 e. The predicted molar refractivity (Wildman–Crippen MR) is 77.5 cm³/mol. The molecule has 0 aliphatic rings. The minimum atomic E-state index is -0.199. The molecule has 0 aliphatic heterocycles. The fourth-order valence-electron chi connectivity index (χ4n) is 2.16. The van der Waals surface area contributed by atoms with Crippen LogP contribution in [0.5, 0.6) is 0 Å². The lowest BCUT2D eigenvalue weighted by Crippen LogP contribution is -2.32. The van der Waals surface area contributed by atoms with Crippen LogP contribution in [-0.4, -0.2) is 39.0 Å². The van der Waals surface area contributed by atoms with Gasteiger partial charge in [0, 0.05) is 26.0 Å². The lowest BCUT2D eigenvalue weighted by atomic mass is 10.2. The van der Waals surface area contributed by atoms with Crippen LogP contribution in [0, 0.1) is 0 Å². The van der Waals surface area contributed by atoms with Gasteiger partial charge in [-0.2, -0.15) is 0 Å². The maximum absolute atomic E-state index is 12.3. The van der Waals surface area contributed by atoms with Crippen molar-refractivity contribution in [3.63, 3.8) is 0 Å². The van der Waals surface area contributed by atoms with Crippen LogP contribution < -0.4 is 5.32 Å². The Kier molecular flexibility index (Phi) is 5.51. The molecule has 0 saturated carbocycles. The zero-order chi connectivity index (χ0) is 15.1. The van der Waals surface area contributed by atoms with Gasteiger partial charge < -0.3 is 19.2 Å². The zero-order valence-electron chi connectivity index (χ0n) is 12.4. The molecule has 1 atom stereocenters. The van der Waals surface area contributed by atoms with E-state index in [2.05, 4.69) is 15.5 Å². The monoisotopic (exact) mass is 291 g/mol. The summed E-state index contributed by atoms with van der Waals surface area (Å²) in [4.78, 5) is 12.3. The first kappa shape index (κ1) is 15.2. The standard InChI is InChI=1S/C14H21N5O2/c1-3-12(18-6-4-5-7-18)14(20)15-10-13-17-16-11-19(13)8-9-21-2/h4-7,11-12H,3,8-10H2,1-2H3,(H,15,20)/t12-/m1/s1. The van der Waals surface area contributed by atoms with Crippen molar-refractivity contribution in [1.29, 1.82) is 0 Å².